The molecule has 1 saturated carbocycles. The van der Waals surface area contributed by atoms with Gasteiger partial charge in [0, 0.05) is 24.8 Å². The van der Waals surface area contributed by atoms with E-state index >= 15 is 0 Å². The third-order valence-corrected chi connectivity index (χ3v) is 3.19. The Hall–Kier alpha value is -1.16. The molecule has 0 spiro atoms. The summed E-state index contributed by atoms with van der Waals surface area (Å²) < 4.78 is 0. The third kappa shape index (κ3) is 2.26. The maximum Gasteiger partial charge on any atom is 0.250 e. The number of H-pyrrole nitrogens is 1. The molecule has 0 amide bonds. The second-order valence-corrected chi connectivity index (χ2v) is 4.15. The van der Waals surface area contributed by atoms with Gasteiger partial charge in [0.25, 0.3) is 5.56 Å². The van der Waals surface area contributed by atoms with E-state index < -0.39 is 0 Å². The minimum atomic E-state index is -0.109. The van der Waals surface area contributed by atoms with E-state index in [4.69, 9.17) is 0 Å². The fraction of sp³-hybridized carbons (Fsp3) is 0.636. The molecule has 4 nitrogen and oxygen atoms in total. The molecular formula is C11H16N2O2. The lowest BCUT2D eigenvalue weighted by Gasteiger charge is -2.29. The summed E-state index contributed by atoms with van der Waals surface area (Å²) in [6.45, 7) is 0.184. The third-order valence-electron chi connectivity index (χ3n) is 3.19. The monoisotopic (exact) mass is 208 g/mol. The van der Waals surface area contributed by atoms with E-state index in [9.17, 15) is 9.90 Å². The predicted octanol–water partition coefficient (Wildman–Crippen LogP) is 1.04. The molecule has 4 heteroatoms. The van der Waals surface area contributed by atoms with E-state index in [-0.39, 0.29) is 24.0 Å². The van der Waals surface area contributed by atoms with Gasteiger partial charge in [0.1, 0.15) is 5.82 Å². The van der Waals surface area contributed by atoms with Crippen molar-refractivity contribution < 1.29 is 5.11 Å². The van der Waals surface area contributed by atoms with E-state index in [0.717, 1.165) is 25.1 Å². The minimum absolute atomic E-state index is 0.109. The van der Waals surface area contributed by atoms with Gasteiger partial charge in [0.05, 0.1) is 0 Å². The maximum atomic E-state index is 11.2. The zero-order chi connectivity index (χ0) is 10.7. The number of hydrogen-bond acceptors (Lipinski definition) is 3. The van der Waals surface area contributed by atoms with Gasteiger partial charge in [0.2, 0.25) is 0 Å². The van der Waals surface area contributed by atoms with E-state index in [1.54, 1.807) is 0 Å². The summed E-state index contributed by atoms with van der Waals surface area (Å²) in [6, 6.07) is 1.42. The van der Waals surface area contributed by atoms with Crippen molar-refractivity contribution in [3.63, 3.8) is 0 Å². The van der Waals surface area contributed by atoms with Gasteiger partial charge in [-0.1, -0.05) is 12.8 Å². The van der Waals surface area contributed by atoms with Crippen LogP contribution in [0, 0.1) is 5.92 Å². The predicted molar refractivity (Wildman–Crippen MR) is 56.6 cm³/mol. The Labute approximate surface area is 88.4 Å². The first kappa shape index (κ1) is 10.4. The Kier molecular flexibility index (Phi) is 3.16. The van der Waals surface area contributed by atoms with Gasteiger partial charge in [-0.15, -0.1) is 0 Å². The molecule has 82 valence electrons. The average Bonchev–Trinajstić information content (AvgIpc) is 2.29. The van der Waals surface area contributed by atoms with Crippen LogP contribution in [0.5, 0.6) is 0 Å². The van der Waals surface area contributed by atoms with Gasteiger partial charge in [-0.05, 0) is 18.8 Å². The van der Waals surface area contributed by atoms with Crippen LogP contribution in [0.25, 0.3) is 0 Å². The SMILES string of the molecule is O=c1ccnc([C@@H]2CCCC[C@H]2CO)[nH]1. The molecule has 0 bridgehead atoms. The molecule has 2 N–H and O–H groups in total. The topological polar surface area (TPSA) is 66.0 Å². The highest BCUT2D eigenvalue weighted by Crippen LogP contribution is 2.35. The largest absolute Gasteiger partial charge is 0.396 e. The van der Waals surface area contributed by atoms with Crippen molar-refractivity contribution in [2.24, 2.45) is 5.92 Å². The Morgan fingerprint density at radius 3 is 3.00 bits per heavy atom. The Bertz CT molecular complexity index is 375. The van der Waals surface area contributed by atoms with Gasteiger partial charge < -0.3 is 10.1 Å². The van der Waals surface area contributed by atoms with Crippen LogP contribution < -0.4 is 5.56 Å². The smallest absolute Gasteiger partial charge is 0.250 e. The molecule has 0 aromatic carbocycles. The molecule has 1 aliphatic carbocycles. The number of rotatable bonds is 2. The van der Waals surface area contributed by atoms with E-state index in [1.165, 1.54) is 18.7 Å². The molecule has 1 aliphatic rings. The van der Waals surface area contributed by atoms with Gasteiger partial charge in [-0.25, -0.2) is 4.98 Å². The van der Waals surface area contributed by atoms with Crippen LogP contribution in [0.15, 0.2) is 17.1 Å². The lowest BCUT2D eigenvalue weighted by molar-refractivity contribution is 0.165. The number of aliphatic hydroxyl groups is 1. The number of aromatic amines is 1. The van der Waals surface area contributed by atoms with Crippen molar-refractivity contribution in [3.8, 4) is 0 Å². The van der Waals surface area contributed by atoms with Gasteiger partial charge in [-0.2, -0.15) is 0 Å². The van der Waals surface area contributed by atoms with Crippen LogP contribution in [-0.2, 0) is 0 Å². The molecule has 1 aromatic heterocycles. The van der Waals surface area contributed by atoms with Crippen LogP contribution in [0.3, 0.4) is 0 Å². The molecule has 0 saturated heterocycles. The number of nitrogens with zero attached hydrogens (tertiary/aromatic N) is 1. The molecule has 2 rings (SSSR count). The van der Waals surface area contributed by atoms with Crippen molar-refractivity contribution in [2.75, 3.05) is 6.61 Å². The van der Waals surface area contributed by atoms with Crippen LogP contribution >= 0.6 is 0 Å². The average molecular weight is 208 g/mol. The molecule has 1 fully saturated rings. The second-order valence-electron chi connectivity index (χ2n) is 4.15. The summed E-state index contributed by atoms with van der Waals surface area (Å²) >= 11 is 0. The summed E-state index contributed by atoms with van der Waals surface area (Å²) in [5, 5.41) is 9.27. The van der Waals surface area contributed by atoms with Gasteiger partial charge in [0.15, 0.2) is 0 Å². The fourth-order valence-corrected chi connectivity index (χ4v) is 2.36. The van der Waals surface area contributed by atoms with Crippen molar-refractivity contribution in [3.05, 3.63) is 28.4 Å². The fourth-order valence-electron chi connectivity index (χ4n) is 2.36. The number of aromatic nitrogens is 2. The normalized spacial score (nSPS) is 26.5. The molecular weight excluding hydrogens is 192 g/mol. The number of hydrogen-bond donors (Lipinski definition) is 2. The first-order valence-corrected chi connectivity index (χ1v) is 5.47. The molecule has 1 heterocycles. The molecule has 1 aromatic rings. The van der Waals surface area contributed by atoms with Crippen LogP contribution in [-0.4, -0.2) is 21.7 Å². The number of aliphatic hydroxyl groups excluding tert-OH is 1. The van der Waals surface area contributed by atoms with E-state index in [0.29, 0.717) is 0 Å². The Morgan fingerprint density at radius 2 is 2.27 bits per heavy atom. The summed E-state index contributed by atoms with van der Waals surface area (Å²) in [4.78, 5) is 18.1. The minimum Gasteiger partial charge on any atom is -0.396 e. The zero-order valence-electron chi connectivity index (χ0n) is 8.65. The van der Waals surface area contributed by atoms with E-state index in [1.807, 2.05) is 0 Å². The molecule has 0 radical (unpaired) electrons. The van der Waals surface area contributed by atoms with E-state index in [2.05, 4.69) is 9.97 Å². The molecule has 2 atom stereocenters. The van der Waals surface area contributed by atoms with Crippen molar-refractivity contribution >= 4 is 0 Å². The summed E-state index contributed by atoms with van der Waals surface area (Å²) in [7, 11) is 0. The van der Waals surface area contributed by atoms with Gasteiger partial charge >= 0.3 is 0 Å². The number of nitrogens with one attached hydrogen (secondary N) is 1. The van der Waals surface area contributed by atoms with Crippen molar-refractivity contribution in [2.45, 2.75) is 31.6 Å². The Balaban J connectivity index is 2.24. The first-order chi connectivity index (χ1) is 7.31. The molecule has 0 unspecified atom stereocenters. The molecule has 15 heavy (non-hydrogen) atoms. The lowest BCUT2D eigenvalue weighted by Crippen LogP contribution is -2.24. The van der Waals surface area contributed by atoms with Crippen LogP contribution in [0.1, 0.15) is 37.4 Å². The highest BCUT2D eigenvalue weighted by atomic mass is 16.3. The van der Waals surface area contributed by atoms with Crippen LogP contribution in [0.2, 0.25) is 0 Å². The Morgan fingerprint density at radius 1 is 1.47 bits per heavy atom. The first-order valence-electron chi connectivity index (χ1n) is 5.47. The summed E-state index contributed by atoms with van der Waals surface area (Å²) in [6.07, 6.45) is 5.90. The zero-order valence-corrected chi connectivity index (χ0v) is 8.65. The standard InChI is InChI=1S/C11H16N2O2/c14-7-8-3-1-2-4-9(8)11-12-6-5-10(15)13-11/h5-6,8-9,14H,1-4,7H2,(H,12,13,15)/t8-,9+/m0/s1. The lowest BCUT2D eigenvalue weighted by atomic mass is 9.79. The van der Waals surface area contributed by atoms with Crippen molar-refractivity contribution in [1.29, 1.82) is 0 Å². The van der Waals surface area contributed by atoms with Crippen molar-refractivity contribution in [1.82, 2.24) is 9.97 Å². The highest BCUT2D eigenvalue weighted by molar-refractivity contribution is 5.01. The summed E-state index contributed by atoms with van der Waals surface area (Å²) in [5.41, 5.74) is -0.109. The highest BCUT2D eigenvalue weighted by Gasteiger charge is 2.27. The van der Waals surface area contributed by atoms with Gasteiger partial charge in [-0.3, -0.25) is 4.79 Å². The summed E-state index contributed by atoms with van der Waals surface area (Å²) in [5.74, 6) is 1.21. The maximum absolute atomic E-state index is 11.2. The quantitative estimate of drug-likeness (QED) is 0.763. The molecule has 0 aliphatic heterocycles. The van der Waals surface area contributed by atoms with Crippen LogP contribution in [0.4, 0.5) is 0 Å². The second kappa shape index (κ2) is 4.57.